The number of hydrogen-bond donors (Lipinski definition) is 1. The van der Waals surface area contributed by atoms with E-state index in [2.05, 4.69) is 4.98 Å². The van der Waals surface area contributed by atoms with Gasteiger partial charge in [-0.15, -0.1) is 0 Å². The van der Waals surface area contributed by atoms with Crippen LogP contribution in [0.3, 0.4) is 0 Å². The van der Waals surface area contributed by atoms with Gasteiger partial charge in [-0.3, -0.25) is 14.3 Å². The summed E-state index contributed by atoms with van der Waals surface area (Å²) in [4.78, 5) is 54.6. The standard InChI is InChI=1S/C46H42N2O11/c1-31-18-20-35(21-19-31)46(34-16-10-5-11-17-34,36-22-24-37(53-2)25-23-36)56-30-38-40(58-44(51)54-28-32-12-6-3-7-13-32)41(42(57-38)48-27-26-39(49)47-43(48)50)59-45(52)55-29-33-14-8-4-9-15-33/h3-27,38,40-42H,28-30H2,1-2H3,(H,47,49,50)/t38-,40?,41+,42-,46?/m1/s1. The van der Waals surface area contributed by atoms with E-state index in [0.29, 0.717) is 16.9 Å². The summed E-state index contributed by atoms with van der Waals surface area (Å²) in [6.07, 6.45) is -6.62. The molecule has 1 fully saturated rings. The van der Waals surface area contributed by atoms with Crippen molar-refractivity contribution in [1.82, 2.24) is 9.55 Å². The molecule has 5 aromatic carbocycles. The number of benzene rings is 5. The summed E-state index contributed by atoms with van der Waals surface area (Å²) in [5.41, 5.74) is 1.87. The zero-order valence-electron chi connectivity index (χ0n) is 32.3. The highest BCUT2D eigenvalue weighted by molar-refractivity contribution is 5.62. The molecule has 1 saturated heterocycles. The summed E-state index contributed by atoms with van der Waals surface area (Å²) in [6.45, 7) is 1.44. The molecule has 302 valence electrons. The van der Waals surface area contributed by atoms with Crippen molar-refractivity contribution in [1.29, 1.82) is 0 Å². The van der Waals surface area contributed by atoms with E-state index in [4.69, 9.17) is 33.2 Å². The minimum absolute atomic E-state index is 0.121. The number of ether oxygens (including phenoxy) is 7. The van der Waals surface area contributed by atoms with Crippen LogP contribution < -0.4 is 16.0 Å². The molecule has 0 spiro atoms. The van der Waals surface area contributed by atoms with Gasteiger partial charge < -0.3 is 33.2 Å². The molecule has 13 nitrogen and oxygen atoms in total. The first-order valence-corrected chi connectivity index (χ1v) is 18.9. The lowest BCUT2D eigenvalue weighted by atomic mass is 9.79. The minimum atomic E-state index is -1.51. The number of methoxy groups -OCH3 is 1. The van der Waals surface area contributed by atoms with Crippen LogP contribution in [0.25, 0.3) is 0 Å². The van der Waals surface area contributed by atoms with Gasteiger partial charge in [0.2, 0.25) is 0 Å². The van der Waals surface area contributed by atoms with Gasteiger partial charge in [-0.1, -0.05) is 133 Å². The maximum atomic E-state index is 13.5. The third kappa shape index (κ3) is 9.44. The zero-order valence-corrected chi connectivity index (χ0v) is 32.3. The van der Waals surface area contributed by atoms with Crippen LogP contribution in [0.5, 0.6) is 5.75 Å². The second-order valence-electron chi connectivity index (χ2n) is 13.7. The Morgan fingerprint density at radius 2 is 1.17 bits per heavy atom. The molecular formula is C46H42N2O11. The number of nitrogens with one attached hydrogen (secondary N) is 1. The Morgan fingerprint density at radius 1 is 0.661 bits per heavy atom. The Morgan fingerprint density at radius 3 is 1.71 bits per heavy atom. The number of carbonyl (C=O) groups excluding carboxylic acids is 2. The Kier molecular flexibility index (Phi) is 12.6. The van der Waals surface area contributed by atoms with Gasteiger partial charge in [0.15, 0.2) is 18.4 Å². The number of aryl methyl sites for hydroxylation is 1. The fraction of sp³-hybridized carbons (Fsp3) is 0.217. The minimum Gasteiger partial charge on any atom is -0.497 e. The third-order valence-electron chi connectivity index (χ3n) is 9.87. The van der Waals surface area contributed by atoms with Crippen molar-refractivity contribution in [2.45, 2.75) is 50.3 Å². The van der Waals surface area contributed by atoms with Crippen molar-refractivity contribution < 1.29 is 42.7 Å². The van der Waals surface area contributed by atoms with Crippen LogP contribution in [0.2, 0.25) is 0 Å². The molecule has 1 N–H and O–H groups in total. The van der Waals surface area contributed by atoms with Crippen LogP contribution in [0, 0.1) is 6.92 Å². The fourth-order valence-electron chi connectivity index (χ4n) is 6.93. The van der Waals surface area contributed by atoms with Crippen molar-refractivity contribution in [2.75, 3.05) is 13.7 Å². The largest absolute Gasteiger partial charge is 0.509 e. The number of H-pyrrole nitrogens is 1. The monoisotopic (exact) mass is 798 g/mol. The molecule has 1 aliphatic rings. The van der Waals surface area contributed by atoms with E-state index in [1.807, 2.05) is 97.9 Å². The summed E-state index contributed by atoms with van der Waals surface area (Å²) in [6, 6.07) is 44.0. The topological polar surface area (TPSA) is 154 Å². The summed E-state index contributed by atoms with van der Waals surface area (Å²) in [5.74, 6) is 0.634. The molecular weight excluding hydrogens is 757 g/mol. The Labute approximate surface area is 339 Å². The lowest BCUT2D eigenvalue weighted by Gasteiger charge is -2.37. The van der Waals surface area contributed by atoms with E-state index in [-0.39, 0.29) is 19.8 Å². The smallest absolute Gasteiger partial charge is 0.497 e. The first kappa shape index (κ1) is 40.2. The molecule has 2 heterocycles. The highest BCUT2D eigenvalue weighted by Gasteiger charge is 2.53. The molecule has 0 aliphatic carbocycles. The van der Waals surface area contributed by atoms with Crippen LogP contribution in [-0.2, 0) is 47.2 Å². The highest BCUT2D eigenvalue weighted by Crippen LogP contribution is 2.43. The lowest BCUT2D eigenvalue weighted by molar-refractivity contribution is -0.100. The Balaban J connectivity index is 1.28. The van der Waals surface area contributed by atoms with Gasteiger partial charge in [-0.05, 0) is 46.9 Å². The van der Waals surface area contributed by atoms with Crippen molar-refractivity contribution in [3.63, 3.8) is 0 Å². The highest BCUT2D eigenvalue weighted by atomic mass is 16.8. The van der Waals surface area contributed by atoms with Crippen molar-refractivity contribution in [3.05, 3.63) is 206 Å². The summed E-state index contributed by atoms with van der Waals surface area (Å²) >= 11 is 0. The Hall–Kier alpha value is -6.96. The molecule has 0 saturated carbocycles. The maximum Gasteiger partial charge on any atom is 0.509 e. The Bertz CT molecular complexity index is 2420. The number of rotatable bonds is 14. The van der Waals surface area contributed by atoms with Crippen LogP contribution in [-0.4, -0.2) is 53.9 Å². The number of aromatic amines is 1. The summed E-state index contributed by atoms with van der Waals surface area (Å²) < 4.78 is 42.9. The van der Waals surface area contributed by atoms with Crippen LogP contribution in [0.15, 0.2) is 161 Å². The van der Waals surface area contributed by atoms with Gasteiger partial charge in [0.05, 0.1) is 13.7 Å². The number of aromatic nitrogens is 2. The molecule has 1 aromatic heterocycles. The van der Waals surface area contributed by atoms with E-state index in [1.54, 1.807) is 55.6 Å². The van der Waals surface area contributed by atoms with Gasteiger partial charge in [0, 0.05) is 12.3 Å². The van der Waals surface area contributed by atoms with Gasteiger partial charge in [0.25, 0.3) is 5.56 Å². The molecule has 7 rings (SSSR count). The fourth-order valence-corrected chi connectivity index (χ4v) is 6.93. The molecule has 0 bridgehead atoms. The quantitative estimate of drug-likeness (QED) is 0.0879. The van der Waals surface area contributed by atoms with Crippen molar-refractivity contribution >= 4 is 12.3 Å². The van der Waals surface area contributed by atoms with Crippen molar-refractivity contribution in [3.8, 4) is 5.75 Å². The molecule has 2 unspecified atom stereocenters. The molecule has 13 heteroatoms. The van der Waals surface area contributed by atoms with Crippen LogP contribution in [0.1, 0.15) is 39.6 Å². The van der Waals surface area contributed by atoms with Gasteiger partial charge in [-0.2, -0.15) is 0 Å². The van der Waals surface area contributed by atoms with Gasteiger partial charge in [-0.25, -0.2) is 14.4 Å². The normalized spacial score (nSPS) is 18.3. The predicted octanol–water partition coefficient (Wildman–Crippen LogP) is 7.20. The van der Waals surface area contributed by atoms with Crippen molar-refractivity contribution in [2.24, 2.45) is 0 Å². The number of carbonyl (C=O) groups is 2. The van der Waals surface area contributed by atoms with E-state index in [9.17, 15) is 19.2 Å². The van der Waals surface area contributed by atoms with Gasteiger partial charge in [0.1, 0.15) is 30.7 Å². The molecule has 0 amide bonds. The summed E-state index contributed by atoms with van der Waals surface area (Å²) in [5, 5.41) is 0. The van der Waals surface area contributed by atoms with E-state index < -0.39 is 53.7 Å². The predicted molar refractivity (Wildman–Crippen MR) is 215 cm³/mol. The number of nitrogens with zero attached hydrogens (tertiary/aromatic N) is 1. The van der Waals surface area contributed by atoms with E-state index in [0.717, 1.165) is 32.9 Å². The average Bonchev–Trinajstić information content (AvgIpc) is 3.59. The van der Waals surface area contributed by atoms with E-state index >= 15 is 0 Å². The molecule has 5 atom stereocenters. The van der Waals surface area contributed by atoms with Crippen LogP contribution >= 0.6 is 0 Å². The third-order valence-corrected chi connectivity index (χ3v) is 9.87. The zero-order chi connectivity index (χ0) is 41.2. The first-order valence-electron chi connectivity index (χ1n) is 18.9. The maximum absolute atomic E-state index is 13.5. The average molecular weight is 799 g/mol. The molecule has 59 heavy (non-hydrogen) atoms. The summed E-state index contributed by atoms with van der Waals surface area (Å²) in [7, 11) is 1.58. The number of hydrogen-bond acceptors (Lipinski definition) is 11. The van der Waals surface area contributed by atoms with E-state index in [1.165, 1.54) is 6.20 Å². The van der Waals surface area contributed by atoms with Gasteiger partial charge >= 0.3 is 18.0 Å². The second-order valence-corrected chi connectivity index (χ2v) is 13.7. The molecule has 1 aliphatic heterocycles. The molecule has 6 aromatic rings. The first-order chi connectivity index (χ1) is 28.7. The SMILES string of the molecule is COc1ccc(C(OC[C@H]2O[C@@H](n3ccc(=O)[nH]c3=O)[C@@H](OC(=O)OCc3ccccc3)C2OC(=O)OCc2ccccc2)(c2ccccc2)c2ccc(C)cc2)cc1. The second kappa shape index (κ2) is 18.5. The lowest BCUT2D eigenvalue weighted by Crippen LogP contribution is -2.44. The van der Waals surface area contributed by atoms with Crippen LogP contribution in [0.4, 0.5) is 9.59 Å². The molecule has 0 radical (unpaired) electrons.